The van der Waals surface area contributed by atoms with Gasteiger partial charge in [0.1, 0.15) is 5.69 Å². The minimum absolute atomic E-state index is 0.0248. The van der Waals surface area contributed by atoms with Crippen LogP contribution >= 0.6 is 0 Å². The first-order chi connectivity index (χ1) is 8.29. The molecule has 0 amide bonds. The summed E-state index contributed by atoms with van der Waals surface area (Å²) in [6, 6.07) is 7.27. The van der Waals surface area contributed by atoms with Gasteiger partial charge < -0.3 is 5.32 Å². The number of hydrogen-bond donors (Lipinski definition) is 1. The molecule has 17 heavy (non-hydrogen) atoms. The number of fused-ring (bicyclic) bond motifs is 2. The van der Waals surface area contributed by atoms with Crippen molar-refractivity contribution in [3.8, 4) is 0 Å². The van der Waals surface area contributed by atoms with Crippen LogP contribution in [-0.4, -0.2) is 28.8 Å². The zero-order valence-corrected chi connectivity index (χ0v) is 9.34. The number of para-hydroxylation sites is 2. The van der Waals surface area contributed by atoms with E-state index < -0.39 is 0 Å². The summed E-state index contributed by atoms with van der Waals surface area (Å²) < 4.78 is 0. The van der Waals surface area contributed by atoms with Crippen LogP contribution in [-0.2, 0) is 0 Å². The highest BCUT2D eigenvalue weighted by Crippen LogP contribution is 2.19. The van der Waals surface area contributed by atoms with E-state index in [4.69, 9.17) is 0 Å². The third kappa shape index (κ3) is 1.54. The van der Waals surface area contributed by atoms with Crippen LogP contribution in [0.2, 0.25) is 0 Å². The average molecular weight is 225 g/mol. The van der Waals surface area contributed by atoms with Gasteiger partial charge in [0.2, 0.25) is 5.78 Å². The lowest BCUT2D eigenvalue weighted by Crippen LogP contribution is -2.35. The lowest BCUT2D eigenvalue weighted by molar-refractivity contribution is 0.0960. The number of rotatable bonds is 1. The van der Waals surface area contributed by atoms with Gasteiger partial charge in [-0.1, -0.05) is 18.2 Å². The van der Waals surface area contributed by atoms with Crippen LogP contribution in [0.1, 0.15) is 16.2 Å². The number of aromatic nitrogens is 2. The molecule has 4 heteroatoms. The molecule has 0 saturated carbocycles. The molecule has 0 saturated heterocycles. The van der Waals surface area contributed by atoms with E-state index in [9.17, 15) is 4.79 Å². The third-order valence-corrected chi connectivity index (χ3v) is 2.87. The lowest BCUT2D eigenvalue weighted by Gasteiger charge is -2.16. The topological polar surface area (TPSA) is 54.9 Å². The van der Waals surface area contributed by atoms with Crippen LogP contribution in [0.3, 0.4) is 0 Å². The van der Waals surface area contributed by atoms with Crippen molar-refractivity contribution in [1.82, 2.24) is 15.3 Å². The molecule has 1 heterocycles. The summed E-state index contributed by atoms with van der Waals surface area (Å²) >= 11 is 0. The normalized spacial score (nSPS) is 18.4. The molecule has 1 aliphatic rings. The summed E-state index contributed by atoms with van der Waals surface area (Å²) in [5.41, 5.74) is 2.67. The highest BCUT2D eigenvalue weighted by atomic mass is 16.1. The van der Waals surface area contributed by atoms with Crippen LogP contribution in [0, 0.1) is 0 Å². The van der Waals surface area contributed by atoms with Gasteiger partial charge >= 0.3 is 0 Å². The number of carbonyl (C=O) groups excluding carboxylic acids is 1. The van der Waals surface area contributed by atoms with Crippen molar-refractivity contribution in [3.05, 3.63) is 41.7 Å². The van der Waals surface area contributed by atoms with Crippen LogP contribution in [0.4, 0.5) is 0 Å². The van der Waals surface area contributed by atoms with Crippen molar-refractivity contribution < 1.29 is 4.79 Å². The van der Waals surface area contributed by atoms with Crippen molar-refractivity contribution in [1.29, 1.82) is 0 Å². The second-order valence-electron chi connectivity index (χ2n) is 3.94. The van der Waals surface area contributed by atoms with Crippen LogP contribution in [0.5, 0.6) is 0 Å². The molecular weight excluding hydrogens is 214 g/mol. The SMILES string of the molecule is CNC1C=Cc2nc3ccccc3nc2C1=O. The van der Waals surface area contributed by atoms with Crippen molar-refractivity contribution in [2.75, 3.05) is 7.05 Å². The Kier molecular flexibility index (Phi) is 2.23. The maximum atomic E-state index is 12.1. The number of benzene rings is 1. The van der Waals surface area contributed by atoms with Crippen molar-refractivity contribution in [3.63, 3.8) is 0 Å². The third-order valence-electron chi connectivity index (χ3n) is 2.87. The number of nitrogens with zero attached hydrogens (tertiary/aromatic N) is 2. The first-order valence-electron chi connectivity index (χ1n) is 5.46. The fraction of sp³-hybridized carbons (Fsp3) is 0.154. The fourth-order valence-corrected chi connectivity index (χ4v) is 1.96. The van der Waals surface area contributed by atoms with Crippen LogP contribution < -0.4 is 5.32 Å². The first-order valence-corrected chi connectivity index (χ1v) is 5.46. The standard InChI is InChI=1S/C13H11N3O/c1-14-11-7-6-10-12(13(11)17)16-9-5-3-2-4-8(9)15-10/h2-7,11,14H,1H3. The molecule has 0 radical (unpaired) electrons. The summed E-state index contributed by atoms with van der Waals surface area (Å²) in [7, 11) is 1.76. The Morgan fingerprint density at radius 1 is 1.18 bits per heavy atom. The Labute approximate surface area is 98.4 Å². The molecule has 3 rings (SSSR count). The van der Waals surface area contributed by atoms with E-state index >= 15 is 0 Å². The molecule has 0 fully saturated rings. The molecule has 2 aromatic rings. The Morgan fingerprint density at radius 2 is 1.88 bits per heavy atom. The molecule has 0 bridgehead atoms. The predicted molar refractivity (Wildman–Crippen MR) is 65.8 cm³/mol. The number of ketones is 1. The maximum absolute atomic E-state index is 12.1. The van der Waals surface area contributed by atoms with Gasteiger partial charge in [0.25, 0.3) is 0 Å². The predicted octanol–water partition coefficient (Wildman–Crippen LogP) is 1.43. The number of Topliss-reactive ketones (excluding diaryl/α,β-unsaturated/α-hetero) is 1. The molecule has 1 aromatic carbocycles. The van der Waals surface area contributed by atoms with Gasteiger partial charge in [0.15, 0.2) is 0 Å². The maximum Gasteiger partial charge on any atom is 0.204 e. The van der Waals surface area contributed by atoms with Gasteiger partial charge in [0, 0.05) is 0 Å². The van der Waals surface area contributed by atoms with Gasteiger partial charge in [-0.3, -0.25) is 4.79 Å². The van der Waals surface area contributed by atoms with Gasteiger partial charge in [-0.2, -0.15) is 0 Å². The highest BCUT2D eigenvalue weighted by Gasteiger charge is 2.24. The van der Waals surface area contributed by atoms with Gasteiger partial charge in [-0.25, -0.2) is 9.97 Å². The Balaban J connectivity index is 2.24. The molecule has 0 aliphatic heterocycles. The van der Waals surface area contributed by atoms with Gasteiger partial charge in [-0.15, -0.1) is 0 Å². The highest BCUT2D eigenvalue weighted by molar-refractivity contribution is 6.05. The molecule has 1 aromatic heterocycles. The lowest BCUT2D eigenvalue weighted by atomic mass is 10.0. The Hall–Kier alpha value is -2.07. The van der Waals surface area contributed by atoms with Crippen molar-refractivity contribution in [2.24, 2.45) is 0 Å². The average Bonchev–Trinajstić information content (AvgIpc) is 2.37. The second-order valence-corrected chi connectivity index (χ2v) is 3.94. The molecule has 1 aliphatic carbocycles. The van der Waals surface area contributed by atoms with E-state index in [1.54, 1.807) is 7.05 Å². The zero-order valence-electron chi connectivity index (χ0n) is 9.34. The summed E-state index contributed by atoms with van der Waals surface area (Å²) in [6.07, 6.45) is 3.66. The Morgan fingerprint density at radius 3 is 2.59 bits per heavy atom. The van der Waals surface area contributed by atoms with E-state index in [2.05, 4.69) is 15.3 Å². The van der Waals surface area contributed by atoms with Gasteiger partial charge in [0.05, 0.1) is 22.8 Å². The Bertz CT molecular complexity index is 634. The molecule has 4 nitrogen and oxygen atoms in total. The molecule has 1 unspecified atom stereocenters. The number of hydrogen-bond acceptors (Lipinski definition) is 4. The smallest absolute Gasteiger partial charge is 0.204 e. The van der Waals surface area contributed by atoms with Crippen molar-refractivity contribution >= 4 is 22.9 Å². The van der Waals surface area contributed by atoms with Crippen LogP contribution in [0.25, 0.3) is 17.1 Å². The summed E-state index contributed by atoms with van der Waals surface area (Å²) in [5.74, 6) is -0.0248. The summed E-state index contributed by atoms with van der Waals surface area (Å²) in [4.78, 5) is 20.9. The van der Waals surface area contributed by atoms with Crippen LogP contribution in [0.15, 0.2) is 30.3 Å². The first kappa shape index (κ1) is 10.1. The minimum atomic E-state index is -0.294. The quantitative estimate of drug-likeness (QED) is 0.797. The monoisotopic (exact) mass is 225 g/mol. The molecule has 84 valence electrons. The molecule has 1 N–H and O–H groups in total. The second kappa shape index (κ2) is 3.75. The van der Waals surface area contributed by atoms with Crippen molar-refractivity contribution in [2.45, 2.75) is 6.04 Å². The molecule has 1 atom stereocenters. The van der Waals surface area contributed by atoms with E-state index in [1.807, 2.05) is 36.4 Å². The largest absolute Gasteiger partial charge is 0.307 e. The number of likely N-dealkylation sites (N-methyl/N-ethyl adjacent to an activating group) is 1. The van der Waals surface area contributed by atoms with E-state index in [1.165, 1.54) is 0 Å². The molecule has 0 spiro atoms. The number of carbonyl (C=O) groups is 1. The summed E-state index contributed by atoms with van der Waals surface area (Å²) in [6.45, 7) is 0. The van der Waals surface area contributed by atoms with E-state index in [-0.39, 0.29) is 11.8 Å². The molecular formula is C13H11N3O. The summed E-state index contributed by atoms with van der Waals surface area (Å²) in [5, 5.41) is 2.94. The van der Waals surface area contributed by atoms with Gasteiger partial charge in [-0.05, 0) is 25.3 Å². The zero-order chi connectivity index (χ0) is 11.8. The van der Waals surface area contributed by atoms with E-state index in [0.29, 0.717) is 11.4 Å². The number of nitrogens with one attached hydrogen (secondary N) is 1. The fourth-order valence-electron chi connectivity index (χ4n) is 1.96. The minimum Gasteiger partial charge on any atom is -0.307 e. The van der Waals surface area contributed by atoms with E-state index in [0.717, 1.165) is 11.0 Å².